The topological polar surface area (TPSA) is 64.7 Å². The van der Waals surface area contributed by atoms with Crippen LogP contribution in [0.1, 0.15) is 17.4 Å². The van der Waals surface area contributed by atoms with Crippen molar-refractivity contribution < 1.29 is 0 Å². The van der Waals surface area contributed by atoms with E-state index >= 15 is 0 Å². The average Bonchev–Trinajstić information content (AvgIpc) is 2.31. The lowest BCUT2D eigenvalue weighted by molar-refractivity contribution is 0.680. The van der Waals surface area contributed by atoms with Crippen molar-refractivity contribution in [1.29, 1.82) is 0 Å². The van der Waals surface area contributed by atoms with E-state index in [0.717, 1.165) is 11.4 Å². The Bertz CT molecular complexity index is 401. The van der Waals surface area contributed by atoms with Gasteiger partial charge in [-0.3, -0.25) is 4.98 Å². The summed E-state index contributed by atoms with van der Waals surface area (Å²) in [5.41, 5.74) is 7.82. The van der Waals surface area contributed by atoms with E-state index in [1.54, 1.807) is 12.4 Å². The minimum Gasteiger partial charge on any atom is -0.322 e. The van der Waals surface area contributed by atoms with Crippen LogP contribution in [0.4, 0.5) is 0 Å². The number of nitrogens with two attached hydrogens (primary N) is 1. The molecule has 0 aliphatic heterocycles. The van der Waals surface area contributed by atoms with Crippen molar-refractivity contribution in [2.45, 2.75) is 12.5 Å². The van der Waals surface area contributed by atoms with Gasteiger partial charge in [0.1, 0.15) is 6.33 Å². The summed E-state index contributed by atoms with van der Waals surface area (Å²) in [6, 6.07) is 7.51. The molecule has 0 spiro atoms. The number of hydrogen-bond donors (Lipinski definition) is 1. The van der Waals surface area contributed by atoms with Crippen molar-refractivity contribution in [2.75, 3.05) is 0 Å². The highest BCUT2D eigenvalue weighted by atomic mass is 14.9. The second-order valence-electron chi connectivity index (χ2n) is 3.27. The third-order valence-corrected chi connectivity index (χ3v) is 2.14. The molecule has 15 heavy (non-hydrogen) atoms. The number of aromatic nitrogens is 3. The van der Waals surface area contributed by atoms with E-state index in [1.807, 2.05) is 24.3 Å². The molecule has 2 aromatic rings. The molecule has 0 aliphatic carbocycles. The Kier molecular flexibility index (Phi) is 2.99. The summed E-state index contributed by atoms with van der Waals surface area (Å²) in [6.45, 7) is 0. The van der Waals surface area contributed by atoms with Gasteiger partial charge in [-0.15, -0.1) is 0 Å². The quantitative estimate of drug-likeness (QED) is 0.806. The summed E-state index contributed by atoms with van der Waals surface area (Å²) in [7, 11) is 0. The first-order valence-electron chi connectivity index (χ1n) is 4.77. The summed E-state index contributed by atoms with van der Waals surface area (Å²) in [5, 5.41) is 0. The molecule has 1 unspecified atom stereocenters. The van der Waals surface area contributed by atoms with Crippen LogP contribution in [0.25, 0.3) is 0 Å². The van der Waals surface area contributed by atoms with Crippen LogP contribution in [-0.2, 0) is 6.42 Å². The average molecular weight is 200 g/mol. The largest absolute Gasteiger partial charge is 0.322 e. The predicted octanol–water partition coefficient (Wildman–Crippen LogP) is 1.11. The van der Waals surface area contributed by atoms with E-state index in [2.05, 4.69) is 15.0 Å². The smallest absolute Gasteiger partial charge is 0.115 e. The van der Waals surface area contributed by atoms with Crippen LogP contribution in [0.3, 0.4) is 0 Å². The van der Waals surface area contributed by atoms with E-state index in [9.17, 15) is 0 Å². The lowest BCUT2D eigenvalue weighted by Gasteiger charge is -2.09. The van der Waals surface area contributed by atoms with Gasteiger partial charge >= 0.3 is 0 Å². The summed E-state index contributed by atoms with van der Waals surface area (Å²) in [6.07, 6.45) is 5.66. The Morgan fingerprint density at radius 2 is 2.07 bits per heavy atom. The van der Waals surface area contributed by atoms with Crippen LogP contribution < -0.4 is 5.73 Å². The molecule has 4 nitrogen and oxygen atoms in total. The van der Waals surface area contributed by atoms with E-state index in [-0.39, 0.29) is 6.04 Å². The van der Waals surface area contributed by atoms with Gasteiger partial charge in [0.25, 0.3) is 0 Å². The molecule has 2 aromatic heterocycles. The molecule has 2 N–H and O–H groups in total. The van der Waals surface area contributed by atoms with Gasteiger partial charge in [-0.2, -0.15) is 0 Å². The molecule has 0 saturated carbocycles. The van der Waals surface area contributed by atoms with Crippen LogP contribution in [0.15, 0.2) is 43.0 Å². The Morgan fingerprint density at radius 3 is 2.73 bits per heavy atom. The normalized spacial score (nSPS) is 12.3. The van der Waals surface area contributed by atoms with Gasteiger partial charge in [-0.05, 0) is 18.2 Å². The molecule has 76 valence electrons. The fourth-order valence-corrected chi connectivity index (χ4v) is 1.37. The molecule has 2 rings (SSSR count). The van der Waals surface area contributed by atoms with Gasteiger partial charge in [0.15, 0.2) is 0 Å². The monoisotopic (exact) mass is 200 g/mol. The van der Waals surface area contributed by atoms with Crippen molar-refractivity contribution in [3.8, 4) is 0 Å². The summed E-state index contributed by atoms with van der Waals surface area (Å²) >= 11 is 0. The molecule has 0 saturated heterocycles. The molecule has 0 aliphatic rings. The molecule has 0 radical (unpaired) electrons. The number of nitrogens with zero attached hydrogens (tertiary/aromatic N) is 3. The van der Waals surface area contributed by atoms with Crippen LogP contribution in [-0.4, -0.2) is 15.0 Å². The Balaban J connectivity index is 2.08. The van der Waals surface area contributed by atoms with Crippen molar-refractivity contribution in [3.05, 3.63) is 54.4 Å². The molecule has 1 atom stereocenters. The maximum absolute atomic E-state index is 6.00. The summed E-state index contributed by atoms with van der Waals surface area (Å²) < 4.78 is 0. The maximum atomic E-state index is 6.00. The standard InChI is InChI=1S/C11H12N4/c12-10(11-4-6-13-8-15-11)7-9-3-1-2-5-14-9/h1-6,8,10H,7,12H2. The fourth-order valence-electron chi connectivity index (χ4n) is 1.37. The zero-order chi connectivity index (χ0) is 10.5. The molecule has 2 heterocycles. The Labute approximate surface area is 88.2 Å². The van der Waals surface area contributed by atoms with E-state index < -0.39 is 0 Å². The number of hydrogen-bond acceptors (Lipinski definition) is 4. The minimum absolute atomic E-state index is 0.122. The van der Waals surface area contributed by atoms with Crippen LogP contribution in [0.2, 0.25) is 0 Å². The van der Waals surface area contributed by atoms with E-state index in [4.69, 9.17) is 5.73 Å². The van der Waals surface area contributed by atoms with Crippen LogP contribution in [0, 0.1) is 0 Å². The van der Waals surface area contributed by atoms with Crippen molar-refractivity contribution in [3.63, 3.8) is 0 Å². The van der Waals surface area contributed by atoms with Crippen LogP contribution >= 0.6 is 0 Å². The maximum Gasteiger partial charge on any atom is 0.115 e. The summed E-state index contributed by atoms with van der Waals surface area (Å²) in [4.78, 5) is 12.2. The first-order chi connectivity index (χ1) is 7.36. The van der Waals surface area contributed by atoms with Crippen molar-refractivity contribution in [2.24, 2.45) is 5.73 Å². The molecular weight excluding hydrogens is 188 g/mol. The van der Waals surface area contributed by atoms with Gasteiger partial charge in [0.05, 0.1) is 11.7 Å². The lowest BCUT2D eigenvalue weighted by atomic mass is 10.1. The Morgan fingerprint density at radius 1 is 1.13 bits per heavy atom. The summed E-state index contributed by atoms with van der Waals surface area (Å²) in [5.74, 6) is 0. The molecule has 0 aromatic carbocycles. The highest BCUT2D eigenvalue weighted by molar-refractivity contribution is 5.11. The second-order valence-corrected chi connectivity index (χ2v) is 3.27. The van der Waals surface area contributed by atoms with Crippen LogP contribution in [0.5, 0.6) is 0 Å². The van der Waals surface area contributed by atoms with Gasteiger partial charge in [0, 0.05) is 24.5 Å². The van der Waals surface area contributed by atoms with E-state index in [0.29, 0.717) is 6.42 Å². The van der Waals surface area contributed by atoms with Gasteiger partial charge in [0.2, 0.25) is 0 Å². The van der Waals surface area contributed by atoms with Gasteiger partial charge in [-0.1, -0.05) is 6.07 Å². The van der Waals surface area contributed by atoms with Gasteiger partial charge < -0.3 is 5.73 Å². The SMILES string of the molecule is NC(Cc1ccccn1)c1ccncn1. The first kappa shape index (κ1) is 9.73. The fraction of sp³-hybridized carbons (Fsp3) is 0.182. The second kappa shape index (κ2) is 4.61. The Hall–Kier alpha value is -1.81. The number of rotatable bonds is 3. The van der Waals surface area contributed by atoms with Crippen molar-refractivity contribution >= 4 is 0 Å². The van der Waals surface area contributed by atoms with Crippen molar-refractivity contribution in [1.82, 2.24) is 15.0 Å². The molecule has 4 heteroatoms. The third-order valence-electron chi connectivity index (χ3n) is 2.14. The molecule has 0 fully saturated rings. The third kappa shape index (κ3) is 2.57. The molecular formula is C11H12N4. The molecule has 0 bridgehead atoms. The predicted molar refractivity (Wildman–Crippen MR) is 56.9 cm³/mol. The highest BCUT2D eigenvalue weighted by Gasteiger charge is 2.08. The first-order valence-corrected chi connectivity index (χ1v) is 4.77. The lowest BCUT2D eigenvalue weighted by Crippen LogP contribution is -2.15. The number of pyridine rings is 1. The van der Waals surface area contributed by atoms with Gasteiger partial charge in [-0.25, -0.2) is 9.97 Å². The zero-order valence-electron chi connectivity index (χ0n) is 8.24. The minimum atomic E-state index is -0.122. The molecule has 0 amide bonds. The zero-order valence-corrected chi connectivity index (χ0v) is 8.24. The van der Waals surface area contributed by atoms with E-state index in [1.165, 1.54) is 6.33 Å². The highest BCUT2D eigenvalue weighted by Crippen LogP contribution is 2.10.